The van der Waals surface area contributed by atoms with E-state index in [1.165, 1.54) is 13.8 Å². The second-order valence-corrected chi connectivity index (χ2v) is 7.24. The molecule has 5 N–H and O–H groups in total. The van der Waals surface area contributed by atoms with Crippen LogP contribution in [0.25, 0.3) is 0 Å². The van der Waals surface area contributed by atoms with Crippen LogP contribution < -0.4 is 5.32 Å². The third kappa shape index (κ3) is 6.19. The molecule has 114 valence electrons. The van der Waals surface area contributed by atoms with Crippen molar-refractivity contribution in [2.45, 2.75) is 37.2 Å². The van der Waals surface area contributed by atoms with Crippen molar-refractivity contribution in [3.63, 3.8) is 0 Å². The number of aliphatic hydroxyl groups excluding tert-OH is 3. The molecule has 2 unspecified atom stereocenters. The van der Waals surface area contributed by atoms with Crippen molar-refractivity contribution in [1.29, 1.82) is 0 Å². The van der Waals surface area contributed by atoms with Crippen molar-refractivity contribution in [3.8, 4) is 0 Å². The highest BCUT2D eigenvalue weighted by atomic mass is 32.2. The lowest BCUT2D eigenvalue weighted by Gasteiger charge is -2.26. The Morgan fingerprint density at radius 2 is 1.79 bits per heavy atom. The summed E-state index contributed by atoms with van der Waals surface area (Å²) in [6.07, 6.45) is -2.85. The molecule has 0 aromatic carbocycles. The molecule has 0 heterocycles. The van der Waals surface area contributed by atoms with Gasteiger partial charge in [-0.15, -0.1) is 0 Å². The molecule has 0 aromatic rings. The van der Waals surface area contributed by atoms with E-state index in [1.54, 1.807) is 0 Å². The fourth-order valence-electron chi connectivity index (χ4n) is 1.49. The zero-order valence-corrected chi connectivity index (χ0v) is 11.7. The lowest BCUT2D eigenvalue weighted by Crippen LogP contribution is -2.46. The Bertz CT molecular complexity index is 393. The summed E-state index contributed by atoms with van der Waals surface area (Å²) in [5.41, 5.74) is -0.955. The maximum Gasteiger partial charge on any atom is 0.405 e. The molecule has 2 atom stereocenters. The molecule has 0 saturated heterocycles. The summed E-state index contributed by atoms with van der Waals surface area (Å²) in [7, 11) is -3.85. The number of carbonyl (C=O) groups is 1. The van der Waals surface area contributed by atoms with Crippen LogP contribution in [0.1, 0.15) is 20.3 Å². The summed E-state index contributed by atoms with van der Waals surface area (Å²) in [5.74, 6) is -0.414. The molecule has 0 radical (unpaired) electrons. The van der Waals surface area contributed by atoms with Crippen molar-refractivity contribution in [2.24, 2.45) is 0 Å². The van der Waals surface area contributed by atoms with Gasteiger partial charge in [-0.2, -0.15) is 0 Å². The van der Waals surface area contributed by atoms with Crippen LogP contribution in [0.2, 0.25) is 0 Å². The van der Waals surface area contributed by atoms with Gasteiger partial charge in [0.1, 0.15) is 5.25 Å². The zero-order chi connectivity index (χ0) is 15.3. The second kappa shape index (κ2) is 7.04. The van der Waals surface area contributed by atoms with Crippen molar-refractivity contribution in [1.82, 2.24) is 5.32 Å². The van der Waals surface area contributed by atoms with Crippen LogP contribution in [0.5, 0.6) is 0 Å². The predicted octanol–water partition coefficient (Wildman–Crippen LogP) is -1.45. The van der Waals surface area contributed by atoms with Crippen LogP contribution in [0.4, 0.5) is 4.79 Å². The van der Waals surface area contributed by atoms with E-state index >= 15 is 0 Å². The van der Waals surface area contributed by atoms with Gasteiger partial charge in [0.25, 0.3) is 0 Å². The normalized spacial score (nSPS) is 15.8. The Labute approximate surface area is 112 Å². The molecule has 0 saturated carbocycles. The van der Waals surface area contributed by atoms with Gasteiger partial charge in [0.05, 0.1) is 25.1 Å². The summed E-state index contributed by atoms with van der Waals surface area (Å²) in [6.45, 7) is 1.46. The first-order valence-electron chi connectivity index (χ1n) is 5.68. The van der Waals surface area contributed by atoms with Crippen molar-refractivity contribution in [3.05, 3.63) is 0 Å². The van der Waals surface area contributed by atoms with Gasteiger partial charge in [-0.3, -0.25) is 0 Å². The molecular formula is C10H21NO7S. The molecule has 0 aliphatic carbocycles. The summed E-state index contributed by atoms with van der Waals surface area (Å²) in [6, 6.07) is 0. The molecule has 0 aliphatic heterocycles. The van der Waals surface area contributed by atoms with E-state index in [4.69, 9.17) is 15.3 Å². The minimum atomic E-state index is -3.85. The monoisotopic (exact) mass is 299 g/mol. The van der Waals surface area contributed by atoms with Crippen molar-refractivity contribution < 1.29 is 33.6 Å². The Balaban J connectivity index is 4.73. The van der Waals surface area contributed by atoms with E-state index in [2.05, 4.69) is 5.32 Å². The largest absolute Gasteiger partial charge is 0.465 e. The van der Waals surface area contributed by atoms with Gasteiger partial charge in [-0.05, 0) is 20.3 Å². The van der Waals surface area contributed by atoms with Crippen LogP contribution in [0.3, 0.4) is 0 Å². The topological polar surface area (TPSA) is 144 Å². The third-order valence-electron chi connectivity index (χ3n) is 2.71. The Kier molecular flexibility index (Phi) is 6.70. The van der Waals surface area contributed by atoms with Crippen LogP contribution in [-0.2, 0) is 9.84 Å². The first-order chi connectivity index (χ1) is 8.55. The summed E-state index contributed by atoms with van der Waals surface area (Å²) in [5, 5.41) is 36.3. The lowest BCUT2D eigenvalue weighted by molar-refractivity contribution is 0.0749. The smallest absolute Gasteiger partial charge is 0.405 e. The molecule has 9 heteroatoms. The number of carboxylic acid groups (broad SMARTS) is 1. The van der Waals surface area contributed by atoms with Crippen LogP contribution in [0.15, 0.2) is 0 Å². The fraction of sp³-hybridized carbons (Fsp3) is 0.900. The highest BCUT2D eigenvalue weighted by molar-refractivity contribution is 7.92. The number of rotatable bonds is 8. The molecule has 0 bridgehead atoms. The first kappa shape index (κ1) is 18.1. The van der Waals surface area contributed by atoms with Gasteiger partial charge >= 0.3 is 6.09 Å². The van der Waals surface area contributed by atoms with Gasteiger partial charge in [0, 0.05) is 5.54 Å². The van der Waals surface area contributed by atoms with Crippen molar-refractivity contribution >= 4 is 15.9 Å². The highest BCUT2D eigenvalue weighted by Gasteiger charge is 2.33. The molecular weight excluding hydrogens is 278 g/mol. The molecule has 0 rings (SSSR count). The number of aliphatic hydroxyl groups is 3. The summed E-state index contributed by atoms with van der Waals surface area (Å²) < 4.78 is 23.8. The second-order valence-electron chi connectivity index (χ2n) is 4.90. The molecule has 0 aliphatic rings. The molecule has 0 spiro atoms. The Morgan fingerprint density at radius 3 is 2.16 bits per heavy atom. The molecule has 8 nitrogen and oxygen atoms in total. The SMILES string of the molecule is CC(C)(CCS(=O)(=O)C(CO)C(O)CO)NC(=O)O. The molecule has 1 amide bonds. The Morgan fingerprint density at radius 1 is 1.26 bits per heavy atom. The van der Waals surface area contributed by atoms with Crippen LogP contribution in [-0.4, -0.2) is 70.8 Å². The first-order valence-corrected chi connectivity index (χ1v) is 7.39. The number of hydrogen-bond acceptors (Lipinski definition) is 6. The van der Waals surface area contributed by atoms with Gasteiger partial charge in [0.2, 0.25) is 0 Å². The number of sulfone groups is 1. The quantitative estimate of drug-likeness (QED) is 0.369. The fourth-order valence-corrected chi connectivity index (χ4v) is 3.38. The van der Waals surface area contributed by atoms with Crippen molar-refractivity contribution in [2.75, 3.05) is 19.0 Å². The minimum absolute atomic E-state index is 0.0176. The highest BCUT2D eigenvalue weighted by Crippen LogP contribution is 2.15. The maximum atomic E-state index is 11.9. The standard InChI is InChI=1S/C10H21NO7S/c1-10(2,11-9(15)16)3-4-19(17,18)8(6-13)7(14)5-12/h7-8,11-14H,3-6H2,1-2H3,(H,15,16). The zero-order valence-electron chi connectivity index (χ0n) is 10.9. The van der Waals surface area contributed by atoms with E-state index in [9.17, 15) is 18.3 Å². The Hall–Kier alpha value is -0.900. The van der Waals surface area contributed by atoms with Gasteiger partial charge in [0.15, 0.2) is 9.84 Å². The lowest BCUT2D eigenvalue weighted by atomic mass is 10.0. The average molecular weight is 299 g/mol. The average Bonchev–Trinajstić information content (AvgIpc) is 2.25. The summed E-state index contributed by atoms with van der Waals surface area (Å²) >= 11 is 0. The van der Waals surface area contributed by atoms with Gasteiger partial charge in [-0.1, -0.05) is 0 Å². The number of hydrogen-bond donors (Lipinski definition) is 5. The van der Waals surface area contributed by atoms with E-state index in [0.29, 0.717) is 0 Å². The minimum Gasteiger partial charge on any atom is -0.465 e. The van der Waals surface area contributed by atoms with Gasteiger partial charge in [-0.25, -0.2) is 13.2 Å². The third-order valence-corrected chi connectivity index (χ3v) is 4.87. The van der Waals surface area contributed by atoms with Crippen LogP contribution in [0, 0.1) is 0 Å². The maximum absolute atomic E-state index is 11.9. The van der Waals surface area contributed by atoms with Gasteiger partial charge < -0.3 is 25.7 Å². The predicted molar refractivity (Wildman–Crippen MR) is 67.6 cm³/mol. The molecule has 0 fully saturated rings. The van der Waals surface area contributed by atoms with E-state index in [0.717, 1.165) is 0 Å². The van der Waals surface area contributed by atoms with E-state index < -0.39 is 51.8 Å². The molecule has 0 aromatic heterocycles. The number of amides is 1. The van der Waals surface area contributed by atoms with Crippen LogP contribution >= 0.6 is 0 Å². The summed E-state index contributed by atoms with van der Waals surface area (Å²) in [4.78, 5) is 10.5. The van der Waals surface area contributed by atoms with E-state index in [1.807, 2.05) is 0 Å². The number of nitrogens with one attached hydrogen (secondary N) is 1. The van der Waals surface area contributed by atoms with E-state index in [-0.39, 0.29) is 6.42 Å². The molecule has 19 heavy (non-hydrogen) atoms.